The van der Waals surface area contributed by atoms with E-state index in [2.05, 4.69) is 16.6 Å². The van der Waals surface area contributed by atoms with Gasteiger partial charge in [0, 0.05) is 29.3 Å². The van der Waals surface area contributed by atoms with Gasteiger partial charge in [-0.25, -0.2) is 0 Å². The maximum absolute atomic E-state index is 11.1. The number of aliphatic hydroxyl groups excluding tert-OH is 3. The molecule has 0 saturated heterocycles. The van der Waals surface area contributed by atoms with Crippen molar-refractivity contribution in [2.75, 3.05) is 7.11 Å². The Bertz CT molecular complexity index is 807. The van der Waals surface area contributed by atoms with Crippen molar-refractivity contribution >= 4 is 17.6 Å². The number of allylic oxidation sites excluding steroid dienone is 2. The van der Waals surface area contributed by atoms with E-state index < -0.39 is 18.3 Å². The number of carbonyl (C=O) groups is 1. The molecule has 2 rings (SSSR count). The van der Waals surface area contributed by atoms with Crippen molar-refractivity contribution in [1.82, 2.24) is 0 Å². The average Bonchev–Trinajstić information content (AvgIpc) is 2.99. The molecule has 0 bridgehead atoms. The summed E-state index contributed by atoms with van der Waals surface area (Å²) in [5.41, 5.74) is 0.710. The highest BCUT2D eigenvalue weighted by Crippen LogP contribution is 2.36. The highest BCUT2D eigenvalue weighted by molar-refractivity contribution is 6.30. The lowest BCUT2D eigenvalue weighted by Crippen LogP contribution is -2.20. The molecule has 0 unspecified atom stereocenters. The molecule has 1 aromatic rings. The number of ether oxygens (including phenoxy) is 1. The van der Waals surface area contributed by atoms with E-state index in [4.69, 9.17) is 11.6 Å². The zero-order valence-corrected chi connectivity index (χ0v) is 17.8. The molecule has 0 aromatic heterocycles. The van der Waals surface area contributed by atoms with E-state index in [9.17, 15) is 20.1 Å². The fourth-order valence-electron chi connectivity index (χ4n) is 3.55. The third-order valence-corrected chi connectivity index (χ3v) is 5.41. The number of hydrogen-bond acceptors (Lipinski definition) is 5. The summed E-state index contributed by atoms with van der Waals surface area (Å²) in [6, 6.07) is 7.07. The van der Waals surface area contributed by atoms with Crippen LogP contribution in [0.3, 0.4) is 0 Å². The minimum atomic E-state index is -0.983. The summed E-state index contributed by atoms with van der Waals surface area (Å²) < 4.78 is 4.60. The van der Waals surface area contributed by atoms with Crippen LogP contribution in [0.5, 0.6) is 0 Å². The number of esters is 1. The molecular formula is C24H29ClO5. The summed E-state index contributed by atoms with van der Waals surface area (Å²) >= 11 is 5.92. The van der Waals surface area contributed by atoms with Crippen LogP contribution in [0.25, 0.3) is 0 Å². The van der Waals surface area contributed by atoms with Crippen molar-refractivity contribution in [2.45, 2.75) is 50.4 Å². The molecule has 5 atom stereocenters. The third-order valence-electron chi connectivity index (χ3n) is 5.17. The summed E-state index contributed by atoms with van der Waals surface area (Å²) in [7, 11) is 1.37. The molecule has 30 heavy (non-hydrogen) atoms. The van der Waals surface area contributed by atoms with E-state index in [1.54, 1.807) is 36.4 Å². The van der Waals surface area contributed by atoms with E-state index in [1.807, 2.05) is 12.2 Å². The number of carbonyl (C=O) groups excluding carboxylic acids is 1. The van der Waals surface area contributed by atoms with Crippen LogP contribution in [0.4, 0.5) is 0 Å². The van der Waals surface area contributed by atoms with Gasteiger partial charge < -0.3 is 20.1 Å². The van der Waals surface area contributed by atoms with Crippen molar-refractivity contribution in [3.63, 3.8) is 0 Å². The molecule has 162 valence electrons. The van der Waals surface area contributed by atoms with Crippen molar-refractivity contribution in [2.24, 2.45) is 11.8 Å². The predicted octanol–water partition coefficient (Wildman–Crippen LogP) is 3.26. The molecule has 0 amide bonds. The Morgan fingerprint density at radius 3 is 2.87 bits per heavy atom. The second-order valence-corrected chi connectivity index (χ2v) is 7.83. The van der Waals surface area contributed by atoms with Crippen LogP contribution in [-0.4, -0.2) is 46.7 Å². The second kappa shape index (κ2) is 12.6. The Hall–Kier alpha value is -2.10. The summed E-state index contributed by atoms with van der Waals surface area (Å²) in [4.78, 5) is 11.1. The van der Waals surface area contributed by atoms with Crippen LogP contribution in [0.15, 0.2) is 48.6 Å². The van der Waals surface area contributed by atoms with E-state index in [0.717, 1.165) is 6.42 Å². The average molecular weight is 433 g/mol. The number of benzene rings is 1. The lowest BCUT2D eigenvalue weighted by Gasteiger charge is -2.19. The molecule has 0 aliphatic heterocycles. The minimum absolute atomic E-state index is 0.138. The zero-order valence-electron chi connectivity index (χ0n) is 17.1. The molecule has 0 spiro atoms. The zero-order chi connectivity index (χ0) is 21.9. The molecule has 3 N–H and O–H groups in total. The molecule has 0 heterocycles. The number of methoxy groups -OCH3 is 1. The van der Waals surface area contributed by atoms with Gasteiger partial charge in [-0.2, -0.15) is 0 Å². The Morgan fingerprint density at radius 1 is 1.33 bits per heavy atom. The minimum Gasteiger partial charge on any atom is -0.469 e. The normalized spacial score (nSPS) is 24.7. The fraction of sp³-hybridized carbons (Fsp3) is 0.458. The molecule has 1 aromatic carbocycles. The van der Waals surface area contributed by atoms with Gasteiger partial charge in [-0.05, 0) is 49.5 Å². The van der Waals surface area contributed by atoms with Crippen molar-refractivity contribution in [3.8, 4) is 11.8 Å². The molecule has 1 fully saturated rings. The molecule has 1 aliphatic carbocycles. The molecule has 1 aliphatic rings. The van der Waals surface area contributed by atoms with Crippen LogP contribution in [0.2, 0.25) is 5.02 Å². The largest absolute Gasteiger partial charge is 0.469 e. The van der Waals surface area contributed by atoms with Crippen LogP contribution in [0.1, 0.15) is 37.7 Å². The first-order valence-corrected chi connectivity index (χ1v) is 10.5. The highest BCUT2D eigenvalue weighted by Gasteiger charge is 2.39. The first-order chi connectivity index (χ1) is 14.4. The van der Waals surface area contributed by atoms with Gasteiger partial charge in [-0.15, -0.1) is 0 Å². The molecular weight excluding hydrogens is 404 g/mol. The first-order valence-electron chi connectivity index (χ1n) is 10.1. The van der Waals surface area contributed by atoms with Crippen LogP contribution in [-0.2, 0) is 9.53 Å². The van der Waals surface area contributed by atoms with Gasteiger partial charge in [0.05, 0.1) is 19.3 Å². The van der Waals surface area contributed by atoms with Crippen molar-refractivity contribution in [3.05, 3.63) is 59.2 Å². The summed E-state index contributed by atoms with van der Waals surface area (Å²) in [6.45, 7) is 0. The standard InChI is InChI=1S/C24H29ClO5/c1-30-24(29)10-5-3-2-4-9-20-21(23(28)16-22(20)27)14-13-19(26)12-11-17-7-6-8-18(25)15-17/h2,4,6-8,13-15,19-23,26-28H,3,5,9-10,16H2,1H3/b4-2-,14-13+/t19-,20-,21-,22+,23-/m1/s1. The van der Waals surface area contributed by atoms with Crippen molar-refractivity contribution in [1.29, 1.82) is 0 Å². The monoisotopic (exact) mass is 432 g/mol. The predicted molar refractivity (Wildman–Crippen MR) is 117 cm³/mol. The van der Waals surface area contributed by atoms with Crippen LogP contribution in [0, 0.1) is 23.7 Å². The summed E-state index contributed by atoms with van der Waals surface area (Å²) in [5.74, 6) is 4.98. The van der Waals surface area contributed by atoms with E-state index in [0.29, 0.717) is 36.3 Å². The number of rotatable bonds is 8. The summed E-state index contributed by atoms with van der Waals surface area (Å²) in [6.07, 6.45) is 7.74. The van der Waals surface area contributed by atoms with Crippen molar-refractivity contribution < 1.29 is 24.9 Å². The molecule has 1 saturated carbocycles. The smallest absolute Gasteiger partial charge is 0.305 e. The highest BCUT2D eigenvalue weighted by atomic mass is 35.5. The summed E-state index contributed by atoms with van der Waals surface area (Å²) in [5, 5.41) is 31.3. The molecule has 0 radical (unpaired) electrons. The number of aliphatic hydroxyl groups is 3. The fourth-order valence-corrected chi connectivity index (χ4v) is 3.74. The topological polar surface area (TPSA) is 87.0 Å². The third kappa shape index (κ3) is 7.97. The van der Waals surface area contributed by atoms with Gasteiger partial charge in [0.1, 0.15) is 6.10 Å². The quantitative estimate of drug-likeness (QED) is 0.254. The molecule has 5 nitrogen and oxygen atoms in total. The number of halogens is 1. The van der Waals surface area contributed by atoms with Gasteiger partial charge in [0.25, 0.3) is 0 Å². The Morgan fingerprint density at radius 2 is 2.13 bits per heavy atom. The Labute approximate surface area is 183 Å². The Balaban J connectivity index is 1.89. The van der Waals surface area contributed by atoms with Gasteiger partial charge in [0.2, 0.25) is 0 Å². The first kappa shape index (κ1) is 24.2. The van der Waals surface area contributed by atoms with Gasteiger partial charge in [-0.3, -0.25) is 4.79 Å². The van der Waals surface area contributed by atoms with Gasteiger partial charge in [0.15, 0.2) is 0 Å². The SMILES string of the molecule is COC(=O)CCC/C=C\C[C@@H]1[C@@H](/C=C/[C@H](O)C#Cc2cccc(Cl)c2)[C@H](O)C[C@@H]1O. The van der Waals surface area contributed by atoms with Crippen LogP contribution >= 0.6 is 11.6 Å². The maximum atomic E-state index is 11.1. The maximum Gasteiger partial charge on any atom is 0.305 e. The van der Waals surface area contributed by atoms with Gasteiger partial charge in [-0.1, -0.05) is 47.7 Å². The van der Waals surface area contributed by atoms with Gasteiger partial charge >= 0.3 is 5.97 Å². The van der Waals surface area contributed by atoms with E-state index in [1.165, 1.54) is 7.11 Å². The Kier molecular flexibility index (Phi) is 10.1. The number of hydrogen-bond donors (Lipinski definition) is 3. The number of unbranched alkanes of at least 4 members (excludes halogenated alkanes) is 1. The van der Waals surface area contributed by atoms with E-state index in [-0.39, 0.29) is 17.8 Å². The second-order valence-electron chi connectivity index (χ2n) is 7.40. The molecule has 6 heteroatoms. The van der Waals surface area contributed by atoms with Crippen LogP contribution < -0.4 is 0 Å². The lowest BCUT2D eigenvalue weighted by molar-refractivity contribution is -0.140. The van der Waals surface area contributed by atoms with E-state index >= 15 is 0 Å². The lowest BCUT2D eigenvalue weighted by atomic mass is 9.89.